The third-order valence-electron chi connectivity index (χ3n) is 4.58. The lowest BCUT2D eigenvalue weighted by molar-refractivity contribution is 0.122. The van der Waals surface area contributed by atoms with Crippen LogP contribution in [-0.4, -0.2) is 46.2 Å². The first-order chi connectivity index (χ1) is 11.9. The molecule has 0 radical (unpaired) electrons. The fraction of sp³-hybridized carbons (Fsp3) is 0.222. The molecule has 5 rings (SSSR count). The van der Waals surface area contributed by atoms with Crippen LogP contribution in [0.2, 0.25) is 0 Å². The first-order valence-electron chi connectivity index (χ1n) is 8.12. The molecule has 6 heteroatoms. The molecule has 1 aromatic carbocycles. The second kappa shape index (κ2) is 5.35. The van der Waals surface area contributed by atoms with Crippen molar-refractivity contribution in [2.75, 3.05) is 31.2 Å². The number of nitrogens with one attached hydrogen (secondary N) is 2. The molecule has 0 aliphatic carbocycles. The minimum Gasteiger partial charge on any atom is -0.378 e. The van der Waals surface area contributed by atoms with Crippen LogP contribution in [0.5, 0.6) is 0 Å². The van der Waals surface area contributed by atoms with Gasteiger partial charge in [-0.15, -0.1) is 0 Å². The van der Waals surface area contributed by atoms with Gasteiger partial charge in [0.15, 0.2) is 0 Å². The number of nitrogens with zero attached hydrogens (tertiary/aromatic N) is 3. The zero-order chi connectivity index (χ0) is 15.9. The maximum absolute atomic E-state index is 5.45. The highest BCUT2D eigenvalue weighted by atomic mass is 16.5. The van der Waals surface area contributed by atoms with Gasteiger partial charge in [-0.05, 0) is 29.8 Å². The van der Waals surface area contributed by atoms with E-state index in [2.05, 4.69) is 55.2 Å². The zero-order valence-corrected chi connectivity index (χ0v) is 13.1. The molecule has 0 atom stereocenters. The standard InChI is InChI=1S/C18H17N5O/c1-2-15-13(3-4-19-15)9-12(1)16-10-14-17(22-16)20-11-21-18(14)23-5-7-24-8-6-23/h1-4,9-11,19H,5-8H2,(H,20,21,22). The van der Waals surface area contributed by atoms with Crippen LogP contribution in [-0.2, 0) is 4.74 Å². The molecule has 1 saturated heterocycles. The van der Waals surface area contributed by atoms with Crippen LogP contribution in [0.25, 0.3) is 33.2 Å². The van der Waals surface area contributed by atoms with E-state index in [-0.39, 0.29) is 0 Å². The second-order valence-corrected chi connectivity index (χ2v) is 6.02. The number of benzene rings is 1. The molecule has 0 spiro atoms. The maximum Gasteiger partial charge on any atom is 0.143 e. The molecule has 2 N–H and O–H groups in total. The summed E-state index contributed by atoms with van der Waals surface area (Å²) < 4.78 is 5.45. The first-order valence-corrected chi connectivity index (χ1v) is 8.12. The number of morpholine rings is 1. The van der Waals surface area contributed by atoms with Crippen molar-refractivity contribution in [3.8, 4) is 11.3 Å². The number of rotatable bonds is 2. The second-order valence-electron chi connectivity index (χ2n) is 6.02. The lowest BCUT2D eigenvalue weighted by Gasteiger charge is -2.27. The van der Waals surface area contributed by atoms with Crippen molar-refractivity contribution in [3.63, 3.8) is 0 Å². The topological polar surface area (TPSA) is 69.8 Å². The summed E-state index contributed by atoms with van der Waals surface area (Å²) in [5, 5.41) is 2.26. The summed E-state index contributed by atoms with van der Waals surface area (Å²) in [7, 11) is 0. The molecule has 1 aliphatic heterocycles. The van der Waals surface area contributed by atoms with E-state index in [1.165, 1.54) is 5.39 Å². The first kappa shape index (κ1) is 13.6. The van der Waals surface area contributed by atoms with Gasteiger partial charge in [0.05, 0.1) is 18.6 Å². The van der Waals surface area contributed by atoms with Crippen LogP contribution < -0.4 is 4.90 Å². The monoisotopic (exact) mass is 319 g/mol. The van der Waals surface area contributed by atoms with E-state index in [0.29, 0.717) is 0 Å². The molecule has 0 unspecified atom stereocenters. The Hall–Kier alpha value is -2.86. The molecule has 0 bridgehead atoms. The van der Waals surface area contributed by atoms with E-state index >= 15 is 0 Å². The van der Waals surface area contributed by atoms with Gasteiger partial charge in [0, 0.05) is 35.9 Å². The number of H-pyrrole nitrogens is 2. The quantitative estimate of drug-likeness (QED) is 0.596. The van der Waals surface area contributed by atoms with Crippen LogP contribution in [0.4, 0.5) is 5.82 Å². The predicted octanol–water partition coefficient (Wildman–Crippen LogP) is 2.94. The highest BCUT2D eigenvalue weighted by molar-refractivity contribution is 5.93. The number of hydrogen-bond acceptors (Lipinski definition) is 4. The molecule has 4 heterocycles. The van der Waals surface area contributed by atoms with Crippen molar-refractivity contribution in [1.29, 1.82) is 0 Å². The summed E-state index contributed by atoms with van der Waals surface area (Å²) >= 11 is 0. The lowest BCUT2D eigenvalue weighted by atomic mass is 10.1. The van der Waals surface area contributed by atoms with Crippen molar-refractivity contribution >= 4 is 27.8 Å². The summed E-state index contributed by atoms with van der Waals surface area (Å²) in [5.41, 5.74) is 4.22. The van der Waals surface area contributed by atoms with E-state index < -0.39 is 0 Å². The molecule has 24 heavy (non-hydrogen) atoms. The van der Waals surface area contributed by atoms with E-state index in [4.69, 9.17) is 4.74 Å². The predicted molar refractivity (Wildman–Crippen MR) is 94.2 cm³/mol. The van der Waals surface area contributed by atoms with Gasteiger partial charge in [0.2, 0.25) is 0 Å². The SMILES string of the molecule is c1nc(N2CCOCC2)c2cc(-c3ccc4[nH]ccc4c3)[nH]c2n1. The zero-order valence-electron chi connectivity index (χ0n) is 13.1. The van der Waals surface area contributed by atoms with Gasteiger partial charge in [0.25, 0.3) is 0 Å². The maximum atomic E-state index is 5.45. The van der Waals surface area contributed by atoms with Crippen molar-refractivity contribution < 1.29 is 4.74 Å². The molecular formula is C18H17N5O. The van der Waals surface area contributed by atoms with Gasteiger partial charge >= 0.3 is 0 Å². The molecule has 0 amide bonds. The number of ether oxygens (including phenoxy) is 1. The van der Waals surface area contributed by atoms with Crippen molar-refractivity contribution in [2.24, 2.45) is 0 Å². The van der Waals surface area contributed by atoms with Crippen LogP contribution in [0.3, 0.4) is 0 Å². The van der Waals surface area contributed by atoms with Gasteiger partial charge in [-0.2, -0.15) is 0 Å². The average molecular weight is 319 g/mol. The van der Waals surface area contributed by atoms with E-state index in [1.807, 2.05) is 6.20 Å². The Bertz CT molecular complexity index is 1010. The number of fused-ring (bicyclic) bond motifs is 2. The number of anilines is 1. The molecule has 0 saturated carbocycles. The summed E-state index contributed by atoms with van der Waals surface area (Å²) in [5.74, 6) is 0.980. The molecule has 3 aromatic heterocycles. The van der Waals surface area contributed by atoms with Crippen LogP contribution in [0.15, 0.2) is 42.9 Å². The van der Waals surface area contributed by atoms with Gasteiger partial charge in [0.1, 0.15) is 17.8 Å². The normalized spacial score (nSPS) is 15.4. The van der Waals surface area contributed by atoms with Gasteiger partial charge in [-0.25, -0.2) is 9.97 Å². The number of hydrogen-bond donors (Lipinski definition) is 2. The minimum absolute atomic E-state index is 0.743. The van der Waals surface area contributed by atoms with Crippen molar-refractivity contribution in [2.45, 2.75) is 0 Å². The molecule has 6 nitrogen and oxygen atoms in total. The van der Waals surface area contributed by atoms with Gasteiger partial charge in [-0.1, -0.05) is 6.07 Å². The Morgan fingerprint density at radius 2 is 1.96 bits per heavy atom. The van der Waals surface area contributed by atoms with Crippen LogP contribution >= 0.6 is 0 Å². The van der Waals surface area contributed by atoms with Crippen LogP contribution in [0, 0.1) is 0 Å². The summed E-state index contributed by atoms with van der Waals surface area (Å²) in [6.07, 6.45) is 3.59. The van der Waals surface area contributed by atoms with E-state index in [9.17, 15) is 0 Å². The Morgan fingerprint density at radius 1 is 1.04 bits per heavy atom. The third kappa shape index (κ3) is 2.15. The fourth-order valence-corrected chi connectivity index (χ4v) is 3.33. The number of aromatic nitrogens is 4. The highest BCUT2D eigenvalue weighted by Gasteiger charge is 2.17. The van der Waals surface area contributed by atoms with Crippen LogP contribution in [0.1, 0.15) is 0 Å². The smallest absolute Gasteiger partial charge is 0.143 e. The van der Waals surface area contributed by atoms with Gasteiger partial charge < -0.3 is 19.6 Å². The van der Waals surface area contributed by atoms with E-state index in [0.717, 1.165) is 59.9 Å². The molecular weight excluding hydrogens is 302 g/mol. The summed E-state index contributed by atoms with van der Waals surface area (Å²) in [6, 6.07) is 10.6. The lowest BCUT2D eigenvalue weighted by Crippen LogP contribution is -2.36. The molecule has 1 aliphatic rings. The Kier molecular flexibility index (Phi) is 3.02. The Balaban J connectivity index is 1.62. The molecule has 120 valence electrons. The summed E-state index contributed by atoms with van der Waals surface area (Å²) in [4.78, 5) is 17.8. The summed E-state index contributed by atoms with van der Waals surface area (Å²) in [6.45, 7) is 3.21. The molecule has 1 fully saturated rings. The Morgan fingerprint density at radius 3 is 2.88 bits per heavy atom. The van der Waals surface area contributed by atoms with E-state index in [1.54, 1.807) is 6.33 Å². The average Bonchev–Trinajstić information content (AvgIpc) is 3.28. The molecule has 4 aromatic rings. The van der Waals surface area contributed by atoms with Crippen molar-refractivity contribution in [3.05, 3.63) is 42.9 Å². The number of aromatic amines is 2. The minimum atomic E-state index is 0.743. The fourth-order valence-electron chi connectivity index (χ4n) is 3.33. The van der Waals surface area contributed by atoms with Crippen molar-refractivity contribution in [1.82, 2.24) is 19.9 Å². The highest BCUT2D eigenvalue weighted by Crippen LogP contribution is 2.30. The van der Waals surface area contributed by atoms with Gasteiger partial charge in [-0.3, -0.25) is 0 Å². The third-order valence-corrected chi connectivity index (χ3v) is 4.58. The largest absolute Gasteiger partial charge is 0.378 e. The Labute approximate surface area is 138 Å².